The molecule has 0 fully saturated rings. The Balaban J connectivity index is 2.54. The van der Waals surface area contributed by atoms with Gasteiger partial charge in [-0.3, -0.25) is 5.43 Å². The van der Waals surface area contributed by atoms with Crippen LogP contribution < -0.4 is 11.3 Å². The Bertz CT molecular complexity index is 478. The molecule has 0 radical (unpaired) electrons. The van der Waals surface area contributed by atoms with Crippen molar-refractivity contribution in [2.45, 2.75) is 6.92 Å². The molecule has 78 valence electrons. The van der Waals surface area contributed by atoms with Gasteiger partial charge in [0.05, 0.1) is 5.69 Å². The molecule has 0 bridgehead atoms. The summed E-state index contributed by atoms with van der Waals surface area (Å²) in [5, 5.41) is 0. The molecule has 0 atom stereocenters. The van der Waals surface area contributed by atoms with Crippen LogP contribution in [0.2, 0.25) is 0 Å². The Morgan fingerprint density at radius 2 is 2.13 bits per heavy atom. The highest BCUT2D eigenvalue weighted by molar-refractivity contribution is 9.10. The largest absolute Gasteiger partial charge is 0.327 e. The van der Waals surface area contributed by atoms with Crippen LogP contribution in [-0.4, -0.2) is 9.97 Å². The van der Waals surface area contributed by atoms with Crippen molar-refractivity contribution < 1.29 is 0 Å². The zero-order chi connectivity index (χ0) is 10.8. The Kier molecular flexibility index (Phi) is 2.75. The van der Waals surface area contributed by atoms with E-state index in [-0.39, 0.29) is 0 Å². The van der Waals surface area contributed by atoms with Gasteiger partial charge in [-0.1, -0.05) is 34.1 Å². The third kappa shape index (κ3) is 1.88. The molecule has 1 heterocycles. The van der Waals surface area contributed by atoms with Gasteiger partial charge in [0.25, 0.3) is 0 Å². The molecule has 1 aromatic heterocycles. The summed E-state index contributed by atoms with van der Waals surface area (Å²) in [6.45, 7) is 1.96. The standard InChI is InChI=1S/C10H11BrN4/c1-6-9(14-10(13-6)15-12)7-4-2-3-5-8(7)11/h2-5H,12H2,1H3,(H2,13,14,15). The van der Waals surface area contributed by atoms with Crippen LogP contribution in [-0.2, 0) is 0 Å². The van der Waals surface area contributed by atoms with Crippen molar-refractivity contribution in [1.82, 2.24) is 9.97 Å². The first-order valence-electron chi connectivity index (χ1n) is 4.50. The lowest BCUT2D eigenvalue weighted by molar-refractivity contribution is 1.18. The number of nitrogens with one attached hydrogen (secondary N) is 2. The molecule has 0 saturated heterocycles. The summed E-state index contributed by atoms with van der Waals surface area (Å²) < 4.78 is 1.02. The average molecular weight is 267 g/mol. The molecule has 5 heteroatoms. The molecule has 0 amide bonds. The highest BCUT2D eigenvalue weighted by Crippen LogP contribution is 2.29. The van der Waals surface area contributed by atoms with Gasteiger partial charge in [-0.05, 0) is 13.0 Å². The number of benzene rings is 1. The smallest absolute Gasteiger partial charge is 0.215 e. The number of aromatic nitrogens is 2. The van der Waals surface area contributed by atoms with Crippen molar-refractivity contribution in [2.75, 3.05) is 5.43 Å². The number of hydrogen-bond acceptors (Lipinski definition) is 3. The van der Waals surface area contributed by atoms with Crippen LogP contribution in [0, 0.1) is 6.92 Å². The minimum atomic E-state index is 0.568. The third-order valence-electron chi connectivity index (χ3n) is 2.15. The molecule has 0 aliphatic carbocycles. The Hall–Kier alpha value is -1.33. The summed E-state index contributed by atoms with van der Waals surface area (Å²) >= 11 is 3.49. The molecular formula is C10H11BrN4. The van der Waals surface area contributed by atoms with Gasteiger partial charge in [0.1, 0.15) is 0 Å². The number of aromatic amines is 1. The molecular weight excluding hydrogens is 256 g/mol. The number of halogens is 1. The van der Waals surface area contributed by atoms with Crippen LogP contribution in [0.15, 0.2) is 28.7 Å². The van der Waals surface area contributed by atoms with Gasteiger partial charge < -0.3 is 4.98 Å². The van der Waals surface area contributed by atoms with E-state index in [9.17, 15) is 0 Å². The minimum absolute atomic E-state index is 0.568. The molecule has 0 aliphatic heterocycles. The average Bonchev–Trinajstić information content (AvgIpc) is 2.60. The van der Waals surface area contributed by atoms with E-state index in [0.29, 0.717) is 5.95 Å². The zero-order valence-electron chi connectivity index (χ0n) is 8.21. The van der Waals surface area contributed by atoms with E-state index in [1.54, 1.807) is 0 Å². The van der Waals surface area contributed by atoms with Crippen molar-refractivity contribution in [1.29, 1.82) is 0 Å². The summed E-state index contributed by atoms with van der Waals surface area (Å²) in [6.07, 6.45) is 0. The summed E-state index contributed by atoms with van der Waals surface area (Å²) in [5.74, 6) is 5.86. The predicted molar refractivity (Wildman–Crippen MR) is 64.3 cm³/mol. The van der Waals surface area contributed by atoms with Gasteiger partial charge >= 0.3 is 0 Å². The molecule has 4 nitrogen and oxygen atoms in total. The Morgan fingerprint density at radius 3 is 2.73 bits per heavy atom. The van der Waals surface area contributed by atoms with Crippen LogP contribution >= 0.6 is 15.9 Å². The van der Waals surface area contributed by atoms with Gasteiger partial charge in [-0.15, -0.1) is 0 Å². The quantitative estimate of drug-likeness (QED) is 0.578. The van der Waals surface area contributed by atoms with Crippen molar-refractivity contribution in [3.8, 4) is 11.3 Å². The maximum atomic E-state index is 5.29. The molecule has 1 aromatic carbocycles. The van der Waals surface area contributed by atoms with Crippen molar-refractivity contribution in [2.24, 2.45) is 5.84 Å². The number of anilines is 1. The SMILES string of the molecule is Cc1[nH]c(NN)nc1-c1ccccc1Br. The van der Waals surface area contributed by atoms with E-state index < -0.39 is 0 Å². The van der Waals surface area contributed by atoms with E-state index in [2.05, 4.69) is 31.3 Å². The Labute approximate surface area is 96.0 Å². The number of H-pyrrole nitrogens is 1. The molecule has 0 unspecified atom stereocenters. The van der Waals surface area contributed by atoms with Gasteiger partial charge in [0.15, 0.2) is 0 Å². The topological polar surface area (TPSA) is 66.7 Å². The minimum Gasteiger partial charge on any atom is -0.327 e. The van der Waals surface area contributed by atoms with Crippen molar-refractivity contribution in [3.05, 3.63) is 34.4 Å². The summed E-state index contributed by atoms with van der Waals surface area (Å²) in [6, 6.07) is 7.94. The fraction of sp³-hybridized carbons (Fsp3) is 0.100. The number of hydrazine groups is 1. The van der Waals surface area contributed by atoms with Crippen LogP contribution in [0.4, 0.5) is 5.95 Å². The molecule has 15 heavy (non-hydrogen) atoms. The molecule has 0 saturated carbocycles. The zero-order valence-corrected chi connectivity index (χ0v) is 9.80. The number of nitrogen functional groups attached to an aromatic ring is 1. The van der Waals surface area contributed by atoms with E-state index in [1.807, 2.05) is 31.2 Å². The first kappa shape index (κ1) is 10.2. The highest BCUT2D eigenvalue weighted by Gasteiger charge is 2.10. The van der Waals surface area contributed by atoms with Gasteiger partial charge in [-0.2, -0.15) is 0 Å². The van der Waals surface area contributed by atoms with E-state index in [1.165, 1.54) is 0 Å². The number of aryl methyl sites for hydroxylation is 1. The van der Waals surface area contributed by atoms with Gasteiger partial charge in [-0.25, -0.2) is 10.8 Å². The van der Waals surface area contributed by atoms with Crippen LogP contribution in [0.3, 0.4) is 0 Å². The lowest BCUT2D eigenvalue weighted by Crippen LogP contribution is -2.07. The van der Waals surface area contributed by atoms with Crippen LogP contribution in [0.1, 0.15) is 5.69 Å². The maximum Gasteiger partial charge on any atom is 0.215 e. The summed E-state index contributed by atoms with van der Waals surface area (Å²) in [4.78, 5) is 7.39. The first-order valence-corrected chi connectivity index (χ1v) is 5.30. The third-order valence-corrected chi connectivity index (χ3v) is 2.84. The maximum absolute atomic E-state index is 5.29. The van der Waals surface area contributed by atoms with Crippen LogP contribution in [0.5, 0.6) is 0 Å². The molecule has 4 N–H and O–H groups in total. The molecule has 0 spiro atoms. The molecule has 2 rings (SSSR count). The lowest BCUT2D eigenvalue weighted by Gasteiger charge is -2.00. The number of rotatable bonds is 2. The van der Waals surface area contributed by atoms with Crippen LogP contribution in [0.25, 0.3) is 11.3 Å². The second-order valence-corrected chi connectivity index (χ2v) is 4.04. The first-order chi connectivity index (χ1) is 7.22. The fourth-order valence-corrected chi connectivity index (χ4v) is 1.92. The highest BCUT2D eigenvalue weighted by atomic mass is 79.9. The molecule has 0 aliphatic rings. The number of hydrogen-bond donors (Lipinski definition) is 3. The second kappa shape index (κ2) is 4.04. The second-order valence-electron chi connectivity index (χ2n) is 3.18. The van der Waals surface area contributed by atoms with Crippen molar-refractivity contribution >= 4 is 21.9 Å². The van der Waals surface area contributed by atoms with E-state index in [4.69, 9.17) is 5.84 Å². The summed E-state index contributed by atoms with van der Waals surface area (Å²) in [7, 11) is 0. The lowest BCUT2D eigenvalue weighted by atomic mass is 10.1. The van der Waals surface area contributed by atoms with Gasteiger partial charge in [0, 0.05) is 15.7 Å². The fourth-order valence-electron chi connectivity index (χ4n) is 1.44. The number of imidazole rings is 1. The van der Waals surface area contributed by atoms with Crippen molar-refractivity contribution in [3.63, 3.8) is 0 Å². The normalized spacial score (nSPS) is 10.3. The van der Waals surface area contributed by atoms with E-state index >= 15 is 0 Å². The van der Waals surface area contributed by atoms with E-state index in [0.717, 1.165) is 21.4 Å². The number of nitrogens with two attached hydrogens (primary N) is 1. The number of nitrogens with zero attached hydrogens (tertiary/aromatic N) is 1. The van der Waals surface area contributed by atoms with Gasteiger partial charge in [0.2, 0.25) is 5.95 Å². The monoisotopic (exact) mass is 266 g/mol. The summed E-state index contributed by atoms with van der Waals surface area (Å²) in [5.41, 5.74) is 5.42. The molecule has 2 aromatic rings. The Morgan fingerprint density at radius 1 is 1.40 bits per heavy atom. The predicted octanol–water partition coefficient (Wildman–Crippen LogP) is 2.43.